The van der Waals surface area contributed by atoms with E-state index in [1.807, 2.05) is 12.1 Å². The van der Waals surface area contributed by atoms with Crippen molar-refractivity contribution in [3.8, 4) is 0 Å². The van der Waals surface area contributed by atoms with Crippen molar-refractivity contribution in [2.75, 3.05) is 26.2 Å². The first-order valence-electron chi connectivity index (χ1n) is 7.99. The van der Waals surface area contributed by atoms with E-state index >= 15 is 0 Å². The quantitative estimate of drug-likeness (QED) is 0.775. The Morgan fingerprint density at radius 3 is 2.75 bits per heavy atom. The van der Waals surface area contributed by atoms with Gasteiger partial charge >= 0.3 is 6.03 Å². The average Bonchev–Trinajstić information content (AvgIpc) is 2.91. The third-order valence-electron chi connectivity index (χ3n) is 4.20. The van der Waals surface area contributed by atoms with Gasteiger partial charge in [0.2, 0.25) is 11.8 Å². The molecule has 1 aromatic rings. The number of nitrogens with one attached hydrogen (secondary N) is 1. The van der Waals surface area contributed by atoms with Crippen molar-refractivity contribution in [1.82, 2.24) is 20.1 Å². The predicted octanol–water partition coefficient (Wildman–Crippen LogP) is 0.141. The molecule has 0 atom stereocenters. The molecule has 8 heteroatoms. The molecule has 2 aliphatic heterocycles. The van der Waals surface area contributed by atoms with Crippen LogP contribution in [-0.2, 0) is 20.9 Å². The molecule has 0 saturated carbocycles. The van der Waals surface area contributed by atoms with Crippen LogP contribution >= 0.6 is 0 Å². The number of amides is 4. The van der Waals surface area contributed by atoms with Crippen molar-refractivity contribution in [2.24, 2.45) is 0 Å². The van der Waals surface area contributed by atoms with Gasteiger partial charge < -0.3 is 14.5 Å². The first kappa shape index (κ1) is 16.4. The van der Waals surface area contributed by atoms with E-state index in [4.69, 9.17) is 4.74 Å². The third-order valence-corrected chi connectivity index (χ3v) is 4.20. The van der Waals surface area contributed by atoms with Crippen LogP contribution in [0.5, 0.6) is 0 Å². The lowest BCUT2D eigenvalue weighted by Crippen LogP contribution is -2.46. The van der Waals surface area contributed by atoms with E-state index in [1.165, 1.54) is 4.90 Å². The summed E-state index contributed by atoms with van der Waals surface area (Å²) < 4.78 is 5.86. The van der Waals surface area contributed by atoms with Crippen LogP contribution < -0.4 is 5.32 Å². The lowest BCUT2D eigenvalue weighted by Gasteiger charge is -2.32. The van der Waals surface area contributed by atoms with Crippen molar-refractivity contribution in [3.63, 3.8) is 0 Å². The average molecular weight is 332 g/mol. The van der Waals surface area contributed by atoms with Crippen LogP contribution in [0.4, 0.5) is 4.79 Å². The summed E-state index contributed by atoms with van der Waals surface area (Å²) in [6.45, 7) is 1.61. The van der Waals surface area contributed by atoms with Crippen LogP contribution in [0.1, 0.15) is 18.4 Å². The maximum atomic E-state index is 12.2. The smallest absolute Gasteiger partial charge is 0.325 e. The zero-order valence-electron chi connectivity index (χ0n) is 13.3. The summed E-state index contributed by atoms with van der Waals surface area (Å²) in [5.41, 5.74) is 1.03. The monoisotopic (exact) mass is 332 g/mol. The minimum atomic E-state index is -0.497. The molecule has 1 N–H and O–H groups in total. The molecule has 0 unspecified atom stereocenters. The summed E-state index contributed by atoms with van der Waals surface area (Å²) in [4.78, 5) is 41.8. The van der Waals surface area contributed by atoms with E-state index in [2.05, 4.69) is 10.3 Å². The number of rotatable bonds is 5. The maximum absolute atomic E-state index is 12.2. The Balaban J connectivity index is 1.40. The molecule has 1 aromatic heterocycles. The number of hydrogen-bond acceptors (Lipinski definition) is 5. The molecule has 2 saturated heterocycles. The maximum Gasteiger partial charge on any atom is 0.325 e. The van der Waals surface area contributed by atoms with E-state index in [-0.39, 0.29) is 31.0 Å². The van der Waals surface area contributed by atoms with Gasteiger partial charge in [-0.15, -0.1) is 0 Å². The Kier molecular flexibility index (Phi) is 5.05. The van der Waals surface area contributed by atoms with Crippen LogP contribution in [0.2, 0.25) is 0 Å². The molecule has 0 aromatic carbocycles. The number of imide groups is 1. The standard InChI is InChI=1S/C16H20N4O4/c21-14-9-20(16(23)18-14)10-15(22)19-6-3-13(4-7-19)24-11-12-2-1-5-17-8-12/h1-2,5,8,13H,3-4,6-7,9-11H2,(H,18,21,23). The molecule has 128 valence electrons. The van der Waals surface area contributed by atoms with Crippen LogP contribution in [0.15, 0.2) is 24.5 Å². The Bertz CT molecular complexity index is 614. The highest BCUT2D eigenvalue weighted by Crippen LogP contribution is 2.16. The number of aromatic nitrogens is 1. The van der Waals surface area contributed by atoms with E-state index in [9.17, 15) is 14.4 Å². The Hall–Kier alpha value is -2.48. The number of piperidine rings is 1. The van der Waals surface area contributed by atoms with Crippen molar-refractivity contribution < 1.29 is 19.1 Å². The van der Waals surface area contributed by atoms with Gasteiger partial charge in [0, 0.05) is 25.5 Å². The van der Waals surface area contributed by atoms with Crippen LogP contribution in [0, 0.1) is 0 Å². The lowest BCUT2D eigenvalue weighted by atomic mass is 10.1. The molecule has 0 bridgehead atoms. The zero-order valence-corrected chi connectivity index (χ0v) is 13.3. The fraction of sp³-hybridized carbons (Fsp3) is 0.500. The van der Waals surface area contributed by atoms with Crippen molar-refractivity contribution in [3.05, 3.63) is 30.1 Å². The van der Waals surface area contributed by atoms with Gasteiger partial charge in [-0.25, -0.2) is 4.79 Å². The van der Waals surface area contributed by atoms with Gasteiger partial charge in [0.05, 0.1) is 12.7 Å². The van der Waals surface area contributed by atoms with Gasteiger partial charge in [0.1, 0.15) is 13.1 Å². The summed E-state index contributed by atoms with van der Waals surface area (Å²) in [7, 11) is 0. The normalized spacial score (nSPS) is 18.8. The molecule has 3 heterocycles. The largest absolute Gasteiger partial charge is 0.373 e. The number of hydrogen-bond donors (Lipinski definition) is 1. The summed E-state index contributed by atoms with van der Waals surface area (Å²) in [6.07, 6.45) is 5.14. The number of carbonyl (C=O) groups is 3. The summed E-state index contributed by atoms with van der Waals surface area (Å²) in [6, 6.07) is 3.34. The van der Waals surface area contributed by atoms with Crippen molar-refractivity contribution in [1.29, 1.82) is 0 Å². The Morgan fingerprint density at radius 2 is 2.12 bits per heavy atom. The van der Waals surface area contributed by atoms with E-state index in [1.54, 1.807) is 17.3 Å². The number of ether oxygens (including phenoxy) is 1. The number of pyridine rings is 1. The lowest BCUT2D eigenvalue weighted by molar-refractivity contribution is -0.134. The van der Waals surface area contributed by atoms with Gasteiger partial charge in [0.25, 0.3) is 0 Å². The van der Waals surface area contributed by atoms with Gasteiger partial charge in [-0.2, -0.15) is 0 Å². The molecule has 0 radical (unpaired) electrons. The second kappa shape index (κ2) is 7.39. The van der Waals surface area contributed by atoms with Crippen molar-refractivity contribution in [2.45, 2.75) is 25.6 Å². The highest BCUT2D eigenvalue weighted by atomic mass is 16.5. The zero-order chi connectivity index (χ0) is 16.9. The van der Waals surface area contributed by atoms with E-state index < -0.39 is 6.03 Å². The third kappa shape index (κ3) is 4.08. The van der Waals surface area contributed by atoms with Gasteiger partial charge in [-0.05, 0) is 24.5 Å². The molecule has 24 heavy (non-hydrogen) atoms. The molecular formula is C16H20N4O4. The molecule has 2 fully saturated rings. The highest BCUT2D eigenvalue weighted by molar-refractivity contribution is 6.03. The first-order valence-corrected chi connectivity index (χ1v) is 7.99. The summed E-state index contributed by atoms with van der Waals surface area (Å²) in [5.74, 6) is -0.499. The Morgan fingerprint density at radius 1 is 1.33 bits per heavy atom. The van der Waals surface area contributed by atoms with Gasteiger partial charge in [0.15, 0.2) is 0 Å². The minimum absolute atomic E-state index is 0.0464. The number of nitrogens with zero attached hydrogens (tertiary/aromatic N) is 3. The molecule has 4 amide bonds. The molecule has 3 rings (SSSR count). The molecule has 0 aliphatic carbocycles. The van der Waals surface area contributed by atoms with Gasteiger partial charge in [-0.1, -0.05) is 6.07 Å². The fourth-order valence-electron chi connectivity index (χ4n) is 2.84. The number of likely N-dealkylation sites (tertiary alicyclic amines) is 1. The molecule has 8 nitrogen and oxygen atoms in total. The number of urea groups is 1. The van der Waals surface area contributed by atoms with E-state index in [0.717, 1.165) is 18.4 Å². The molecule has 2 aliphatic rings. The minimum Gasteiger partial charge on any atom is -0.373 e. The SMILES string of the molecule is O=C1CN(CC(=O)N2CCC(OCc3cccnc3)CC2)C(=O)N1. The van der Waals surface area contributed by atoms with E-state index in [0.29, 0.717) is 19.7 Å². The topological polar surface area (TPSA) is 91.8 Å². The second-order valence-electron chi connectivity index (χ2n) is 5.96. The first-order chi connectivity index (χ1) is 11.6. The Labute approximate surface area is 139 Å². The van der Waals surface area contributed by atoms with Crippen LogP contribution in [-0.4, -0.2) is 64.9 Å². The number of carbonyl (C=O) groups excluding carboxylic acids is 3. The van der Waals surface area contributed by atoms with Crippen LogP contribution in [0.25, 0.3) is 0 Å². The summed E-state index contributed by atoms with van der Waals surface area (Å²) in [5, 5.41) is 2.17. The molecule has 0 spiro atoms. The van der Waals surface area contributed by atoms with Gasteiger partial charge in [-0.3, -0.25) is 19.9 Å². The fourth-order valence-corrected chi connectivity index (χ4v) is 2.84. The van der Waals surface area contributed by atoms with Crippen molar-refractivity contribution >= 4 is 17.8 Å². The van der Waals surface area contributed by atoms with Crippen LogP contribution in [0.3, 0.4) is 0 Å². The summed E-state index contributed by atoms with van der Waals surface area (Å²) >= 11 is 0. The molecular weight excluding hydrogens is 312 g/mol. The second-order valence-corrected chi connectivity index (χ2v) is 5.96. The highest BCUT2D eigenvalue weighted by Gasteiger charge is 2.31. The predicted molar refractivity (Wildman–Crippen MR) is 83.7 cm³/mol.